The monoisotopic (exact) mass is 383 g/mol. The van der Waals surface area contributed by atoms with E-state index in [1.54, 1.807) is 0 Å². The third kappa shape index (κ3) is 4.01. The van der Waals surface area contributed by atoms with E-state index in [1.807, 2.05) is 24.3 Å². The Labute approximate surface area is 163 Å². The number of fused-ring (bicyclic) bond motifs is 1. The molecule has 0 radical (unpaired) electrons. The number of ether oxygens (including phenoxy) is 1. The van der Waals surface area contributed by atoms with Crippen LogP contribution in [0, 0.1) is 0 Å². The van der Waals surface area contributed by atoms with E-state index in [1.165, 1.54) is 6.20 Å². The normalized spacial score (nSPS) is 24.0. The molecule has 1 aliphatic carbocycles. The van der Waals surface area contributed by atoms with E-state index in [-0.39, 0.29) is 23.8 Å². The fraction of sp³-hybridized carbons (Fsp3) is 0.450. The van der Waals surface area contributed by atoms with E-state index in [4.69, 9.17) is 10.5 Å². The van der Waals surface area contributed by atoms with Crippen LogP contribution in [0.2, 0.25) is 0 Å². The largest absolute Gasteiger partial charge is 0.493 e. The molecule has 0 saturated heterocycles. The summed E-state index contributed by atoms with van der Waals surface area (Å²) in [7, 11) is 0. The number of carbonyl (C=O) groups is 1. The Morgan fingerprint density at radius 3 is 2.89 bits per heavy atom. The molecule has 1 amide bonds. The Bertz CT molecular complexity index is 859. The molecule has 148 valence electrons. The first-order chi connectivity index (χ1) is 13.6. The molecule has 2 heterocycles. The molecule has 8 heteroatoms. The van der Waals surface area contributed by atoms with Crippen molar-refractivity contribution in [1.29, 1.82) is 0 Å². The van der Waals surface area contributed by atoms with Crippen LogP contribution >= 0.6 is 0 Å². The van der Waals surface area contributed by atoms with Crippen molar-refractivity contribution < 1.29 is 14.6 Å². The molecule has 1 fully saturated rings. The summed E-state index contributed by atoms with van der Waals surface area (Å²) in [5.41, 5.74) is 6.80. The van der Waals surface area contributed by atoms with Crippen molar-refractivity contribution in [3.63, 3.8) is 0 Å². The number of amides is 1. The highest BCUT2D eigenvalue weighted by molar-refractivity contribution is 5.97. The zero-order valence-electron chi connectivity index (χ0n) is 15.6. The predicted molar refractivity (Wildman–Crippen MR) is 105 cm³/mol. The van der Waals surface area contributed by atoms with Crippen LogP contribution in [-0.4, -0.2) is 39.7 Å². The Kier molecular flexibility index (Phi) is 5.29. The standard InChI is InChI=1S/C20H25N5O3/c21-18(27)15-11-22-20(25-19(15)23-12-4-3-5-13(26)10-12)24-16-8-9-28-17-7-2-1-6-14(16)17/h1-2,6-7,11-13,16,26H,3-5,8-10H2,(H2,21,27)(H2,22,23,24,25)/t12-,13+,16?/m1/s1. The minimum atomic E-state index is -0.582. The lowest BCUT2D eigenvalue weighted by Crippen LogP contribution is -2.31. The van der Waals surface area contributed by atoms with Crippen LogP contribution in [0.25, 0.3) is 0 Å². The molecule has 1 aliphatic heterocycles. The number of hydrogen-bond donors (Lipinski definition) is 4. The molecule has 8 nitrogen and oxygen atoms in total. The van der Waals surface area contributed by atoms with Gasteiger partial charge in [0.15, 0.2) is 0 Å². The van der Waals surface area contributed by atoms with Gasteiger partial charge in [0, 0.05) is 24.2 Å². The van der Waals surface area contributed by atoms with Crippen molar-refractivity contribution in [3.05, 3.63) is 41.6 Å². The summed E-state index contributed by atoms with van der Waals surface area (Å²) in [6.45, 7) is 0.610. The van der Waals surface area contributed by atoms with Gasteiger partial charge in [-0.3, -0.25) is 4.79 Å². The second-order valence-corrected chi connectivity index (χ2v) is 7.35. The lowest BCUT2D eigenvalue weighted by Gasteiger charge is -2.28. The third-order valence-electron chi connectivity index (χ3n) is 5.30. The molecular formula is C20H25N5O3. The second-order valence-electron chi connectivity index (χ2n) is 7.35. The highest BCUT2D eigenvalue weighted by atomic mass is 16.5. The van der Waals surface area contributed by atoms with Gasteiger partial charge >= 0.3 is 0 Å². The number of para-hydroxylation sites is 1. The first-order valence-electron chi connectivity index (χ1n) is 9.70. The predicted octanol–water partition coefficient (Wildman–Crippen LogP) is 2.23. The highest BCUT2D eigenvalue weighted by Crippen LogP contribution is 2.33. The van der Waals surface area contributed by atoms with Crippen molar-refractivity contribution >= 4 is 17.7 Å². The number of nitrogens with one attached hydrogen (secondary N) is 2. The first-order valence-corrected chi connectivity index (χ1v) is 9.70. The van der Waals surface area contributed by atoms with Crippen LogP contribution in [0.4, 0.5) is 11.8 Å². The number of primary amides is 1. The van der Waals surface area contributed by atoms with Crippen LogP contribution < -0.4 is 21.1 Å². The Hall–Kier alpha value is -2.87. The van der Waals surface area contributed by atoms with Gasteiger partial charge in [-0.25, -0.2) is 4.98 Å². The topological polar surface area (TPSA) is 122 Å². The Morgan fingerprint density at radius 2 is 2.07 bits per heavy atom. The maximum atomic E-state index is 11.8. The number of carbonyl (C=O) groups excluding carboxylic acids is 1. The number of nitrogens with zero attached hydrogens (tertiary/aromatic N) is 2. The number of aliphatic hydroxyl groups excluding tert-OH is 1. The summed E-state index contributed by atoms with van der Waals surface area (Å²) in [6, 6.07) is 7.96. The molecule has 0 bridgehead atoms. The highest BCUT2D eigenvalue weighted by Gasteiger charge is 2.24. The summed E-state index contributed by atoms with van der Waals surface area (Å²) in [4.78, 5) is 20.6. The van der Waals surface area contributed by atoms with Gasteiger partial charge in [0.1, 0.15) is 11.6 Å². The number of rotatable bonds is 5. The van der Waals surface area contributed by atoms with Gasteiger partial charge in [-0.15, -0.1) is 0 Å². The zero-order valence-corrected chi connectivity index (χ0v) is 15.6. The molecule has 1 unspecified atom stereocenters. The number of anilines is 2. The molecule has 3 atom stereocenters. The molecular weight excluding hydrogens is 358 g/mol. The molecule has 1 saturated carbocycles. The molecule has 4 rings (SSSR count). The second kappa shape index (κ2) is 8.02. The summed E-state index contributed by atoms with van der Waals surface area (Å²) < 4.78 is 5.70. The fourth-order valence-electron chi connectivity index (χ4n) is 3.88. The summed E-state index contributed by atoms with van der Waals surface area (Å²) in [6.07, 6.45) is 5.18. The quantitative estimate of drug-likeness (QED) is 0.624. The van der Waals surface area contributed by atoms with Gasteiger partial charge in [0.25, 0.3) is 5.91 Å². The zero-order chi connectivity index (χ0) is 19.5. The van der Waals surface area contributed by atoms with Crippen molar-refractivity contribution in [3.8, 4) is 5.75 Å². The minimum absolute atomic E-state index is 0.0220. The molecule has 1 aromatic carbocycles. The Balaban J connectivity index is 1.56. The van der Waals surface area contributed by atoms with E-state index in [0.29, 0.717) is 24.8 Å². The smallest absolute Gasteiger partial charge is 0.254 e. The minimum Gasteiger partial charge on any atom is -0.493 e. The number of aliphatic hydroxyl groups is 1. The number of hydrogen-bond acceptors (Lipinski definition) is 7. The fourth-order valence-corrected chi connectivity index (χ4v) is 3.88. The van der Waals surface area contributed by atoms with Crippen LogP contribution in [-0.2, 0) is 0 Å². The van der Waals surface area contributed by atoms with E-state index < -0.39 is 5.91 Å². The summed E-state index contributed by atoms with van der Waals surface area (Å²) in [5.74, 6) is 1.10. The molecule has 1 aromatic heterocycles. The average Bonchev–Trinajstić information content (AvgIpc) is 2.68. The SMILES string of the molecule is NC(=O)c1cnc(NC2CCOc3ccccc32)nc1N[C@@H]1CCC[C@H](O)C1. The number of aromatic nitrogens is 2. The van der Waals surface area contributed by atoms with Crippen LogP contribution in [0.3, 0.4) is 0 Å². The molecule has 0 spiro atoms. The third-order valence-corrected chi connectivity index (χ3v) is 5.30. The van der Waals surface area contributed by atoms with E-state index >= 15 is 0 Å². The Morgan fingerprint density at radius 1 is 1.21 bits per heavy atom. The van der Waals surface area contributed by atoms with Crippen molar-refractivity contribution in [1.82, 2.24) is 9.97 Å². The lowest BCUT2D eigenvalue weighted by molar-refractivity contribution is 0.100. The van der Waals surface area contributed by atoms with Crippen LogP contribution in [0.5, 0.6) is 5.75 Å². The lowest BCUT2D eigenvalue weighted by atomic mass is 9.93. The van der Waals surface area contributed by atoms with Crippen molar-refractivity contribution in [2.75, 3.05) is 17.2 Å². The van der Waals surface area contributed by atoms with E-state index in [0.717, 1.165) is 37.0 Å². The molecule has 2 aromatic rings. The summed E-state index contributed by atoms with van der Waals surface area (Å²) >= 11 is 0. The maximum Gasteiger partial charge on any atom is 0.254 e. The molecule has 5 N–H and O–H groups in total. The summed E-state index contributed by atoms with van der Waals surface area (Å²) in [5, 5.41) is 16.5. The van der Waals surface area contributed by atoms with Gasteiger partial charge in [0.2, 0.25) is 5.95 Å². The maximum absolute atomic E-state index is 11.8. The number of nitrogens with two attached hydrogens (primary N) is 1. The molecule has 28 heavy (non-hydrogen) atoms. The van der Waals surface area contributed by atoms with Crippen LogP contribution in [0.1, 0.15) is 54.1 Å². The van der Waals surface area contributed by atoms with Crippen LogP contribution in [0.15, 0.2) is 30.5 Å². The van der Waals surface area contributed by atoms with Gasteiger partial charge in [-0.1, -0.05) is 18.2 Å². The van der Waals surface area contributed by atoms with Gasteiger partial charge in [0.05, 0.1) is 24.3 Å². The van der Waals surface area contributed by atoms with Gasteiger partial charge < -0.3 is 26.2 Å². The average molecular weight is 383 g/mol. The van der Waals surface area contributed by atoms with Crippen molar-refractivity contribution in [2.45, 2.75) is 50.3 Å². The van der Waals surface area contributed by atoms with Gasteiger partial charge in [-0.05, 0) is 31.7 Å². The van der Waals surface area contributed by atoms with E-state index in [2.05, 4.69) is 20.6 Å². The number of benzene rings is 1. The van der Waals surface area contributed by atoms with Gasteiger partial charge in [-0.2, -0.15) is 4.98 Å². The van der Waals surface area contributed by atoms with E-state index in [9.17, 15) is 9.90 Å². The molecule has 2 aliphatic rings. The van der Waals surface area contributed by atoms with Crippen molar-refractivity contribution in [2.24, 2.45) is 5.73 Å². The first kappa shape index (κ1) is 18.5.